The van der Waals surface area contributed by atoms with Gasteiger partial charge in [0.15, 0.2) is 0 Å². The first-order valence-electron chi connectivity index (χ1n) is 4.88. The molecule has 84 valence electrons. The fourth-order valence-corrected chi connectivity index (χ4v) is 2.93. The third-order valence-electron chi connectivity index (χ3n) is 2.29. The monoisotopic (exact) mass is 359 g/mol. The number of anilines is 1. The van der Waals surface area contributed by atoms with E-state index in [9.17, 15) is 0 Å². The summed E-state index contributed by atoms with van der Waals surface area (Å²) in [6.45, 7) is 2.95. The summed E-state index contributed by atoms with van der Waals surface area (Å²) < 4.78 is 2.32. The van der Waals surface area contributed by atoms with E-state index in [0.29, 0.717) is 0 Å². The maximum atomic E-state index is 3.53. The summed E-state index contributed by atoms with van der Waals surface area (Å²) in [4.78, 5) is 0. The van der Waals surface area contributed by atoms with Crippen molar-refractivity contribution in [3.63, 3.8) is 0 Å². The van der Waals surface area contributed by atoms with Crippen molar-refractivity contribution in [1.29, 1.82) is 0 Å². The smallest absolute Gasteiger partial charge is 0.0701 e. The lowest BCUT2D eigenvalue weighted by atomic mass is 10.2. The van der Waals surface area contributed by atoms with Crippen LogP contribution in [-0.2, 0) is 6.54 Å². The van der Waals surface area contributed by atoms with E-state index in [1.807, 2.05) is 0 Å². The second-order valence-corrected chi connectivity index (χ2v) is 6.72. The summed E-state index contributed by atoms with van der Waals surface area (Å²) in [6, 6.07) is 8.45. The van der Waals surface area contributed by atoms with Gasteiger partial charge >= 0.3 is 0 Å². The molecule has 0 atom stereocenters. The lowest BCUT2D eigenvalue weighted by Crippen LogP contribution is -1.97. The van der Waals surface area contributed by atoms with E-state index in [-0.39, 0.29) is 0 Å². The number of hydrogen-bond donors (Lipinski definition) is 1. The van der Waals surface area contributed by atoms with Crippen molar-refractivity contribution in [2.45, 2.75) is 13.5 Å². The van der Waals surface area contributed by atoms with Crippen LogP contribution in [0.5, 0.6) is 0 Å². The van der Waals surface area contributed by atoms with Gasteiger partial charge in [0.25, 0.3) is 0 Å². The molecule has 0 spiro atoms. The first-order valence-corrected chi connectivity index (χ1v) is 7.34. The topological polar surface area (TPSA) is 12.0 Å². The van der Waals surface area contributed by atoms with Crippen molar-refractivity contribution >= 4 is 48.9 Å². The van der Waals surface area contributed by atoms with Gasteiger partial charge in [-0.1, -0.05) is 22.0 Å². The molecular formula is C12H11Br2NS. The standard InChI is InChI=1S/C12H11Br2NS/c1-8-2-3-10(5-11(8)13)15-6-9-4-12(14)16-7-9/h2-5,7,15H,6H2,1H3. The summed E-state index contributed by atoms with van der Waals surface area (Å²) >= 11 is 8.71. The number of hydrogen-bond acceptors (Lipinski definition) is 2. The first kappa shape index (κ1) is 12.1. The Morgan fingerprint density at radius 1 is 1.25 bits per heavy atom. The highest BCUT2D eigenvalue weighted by atomic mass is 79.9. The van der Waals surface area contributed by atoms with Gasteiger partial charge in [0.2, 0.25) is 0 Å². The molecule has 0 aliphatic rings. The Morgan fingerprint density at radius 3 is 2.69 bits per heavy atom. The molecule has 2 rings (SSSR count). The van der Waals surface area contributed by atoms with Crippen LogP contribution in [0.2, 0.25) is 0 Å². The molecule has 0 aliphatic carbocycles. The first-order chi connectivity index (χ1) is 7.65. The molecule has 1 aromatic carbocycles. The lowest BCUT2D eigenvalue weighted by Gasteiger charge is -2.06. The van der Waals surface area contributed by atoms with E-state index in [2.05, 4.69) is 73.7 Å². The molecular weight excluding hydrogens is 350 g/mol. The molecule has 4 heteroatoms. The van der Waals surface area contributed by atoms with Crippen molar-refractivity contribution in [2.75, 3.05) is 5.32 Å². The molecule has 1 aromatic heterocycles. The molecule has 2 aromatic rings. The van der Waals surface area contributed by atoms with Crippen molar-refractivity contribution in [2.24, 2.45) is 0 Å². The Labute approximate surface area is 116 Å². The Balaban J connectivity index is 2.02. The van der Waals surface area contributed by atoms with Crippen LogP contribution in [0.3, 0.4) is 0 Å². The normalized spacial score (nSPS) is 10.4. The van der Waals surface area contributed by atoms with Crippen molar-refractivity contribution < 1.29 is 0 Å². The van der Waals surface area contributed by atoms with Crippen LogP contribution >= 0.6 is 43.2 Å². The highest BCUT2D eigenvalue weighted by Gasteiger charge is 1.99. The molecule has 1 nitrogen and oxygen atoms in total. The summed E-state index contributed by atoms with van der Waals surface area (Å²) in [5.41, 5.74) is 3.69. The Kier molecular flexibility index (Phi) is 4.05. The molecule has 16 heavy (non-hydrogen) atoms. The molecule has 0 radical (unpaired) electrons. The molecule has 0 fully saturated rings. The van der Waals surface area contributed by atoms with Crippen LogP contribution in [-0.4, -0.2) is 0 Å². The number of nitrogens with one attached hydrogen (secondary N) is 1. The van der Waals surface area contributed by atoms with Gasteiger partial charge in [0.05, 0.1) is 3.79 Å². The SMILES string of the molecule is Cc1ccc(NCc2csc(Br)c2)cc1Br. The summed E-state index contributed by atoms with van der Waals surface area (Å²) in [5, 5.41) is 5.55. The molecule has 0 unspecified atom stereocenters. The summed E-state index contributed by atoms with van der Waals surface area (Å²) in [7, 11) is 0. The summed E-state index contributed by atoms with van der Waals surface area (Å²) in [6.07, 6.45) is 0. The van der Waals surface area contributed by atoms with Gasteiger partial charge in [-0.05, 0) is 57.6 Å². The van der Waals surface area contributed by atoms with Gasteiger partial charge < -0.3 is 5.32 Å². The van der Waals surface area contributed by atoms with Crippen LogP contribution in [0.25, 0.3) is 0 Å². The molecule has 0 aliphatic heterocycles. The second kappa shape index (κ2) is 5.34. The minimum Gasteiger partial charge on any atom is -0.381 e. The fraction of sp³-hybridized carbons (Fsp3) is 0.167. The Hall–Kier alpha value is -0.320. The maximum Gasteiger partial charge on any atom is 0.0701 e. The number of halogens is 2. The van der Waals surface area contributed by atoms with Crippen molar-refractivity contribution in [3.8, 4) is 0 Å². The van der Waals surface area contributed by atoms with Crippen LogP contribution in [0, 0.1) is 6.92 Å². The van der Waals surface area contributed by atoms with E-state index >= 15 is 0 Å². The van der Waals surface area contributed by atoms with Gasteiger partial charge in [0, 0.05) is 16.7 Å². The van der Waals surface area contributed by atoms with Crippen LogP contribution in [0.1, 0.15) is 11.1 Å². The highest BCUT2D eigenvalue weighted by molar-refractivity contribution is 9.11. The van der Waals surface area contributed by atoms with Gasteiger partial charge in [-0.25, -0.2) is 0 Å². The van der Waals surface area contributed by atoms with Gasteiger partial charge in [-0.15, -0.1) is 11.3 Å². The predicted molar refractivity (Wildman–Crippen MR) is 78.2 cm³/mol. The van der Waals surface area contributed by atoms with Gasteiger partial charge in [-0.3, -0.25) is 0 Å². The largest absolute Gasteiger partial charge is 0.381 e. The third kappa shape index (κ3) is 3.09. The minimum atomic E-state index is 0.859. The van der Waals surface area contributed by atoms with Crippen LogP contribution < -0.4 is 5.32 Å². The summed E-state index contributed by atoms with van der Waals surface area (Å²) in [5.74, 6) is 0. The van der Waals surface area contributed by atoms with Gasteiger partial charge in [-0.2, -0.15) is 0 Å². The van der Waals surface area contributed by atoms with Crippen LogP contribution in [0.15, 0.2) is 37.9 Å². The number of thiophene rings is 1. The van der Waals surface area contributed by atoms with E-state index in [4.69, 9.17) is 0 Å². The van der Waals surface area contributed by atoms with E-state index in [1.165, 1.54) is 14.9 Å². The average Bonchev–Trinajstić information content (AvgIpc) is 2.66. The molecule has 1 heterocycles. The van der Waals surface area contributed by atoms with E-state index in [1.54, 1.807) is 11.3 Å². The number of aryl methyl sites for hydroxylation is 1. The predicted octanol–water partition coefficient (Wildman–Crippen LogP) is 5.19. The fourth-order valence-electron chi connectivity index (χ4n) is 1.35. The molecule has 0 saturated carbocycles. The molecule has 0 bridgehead atoms. The Bertz CT molecular complexity index is 494. The van der Waals surface area contributed by atoms with Crippen LogP contribution in [0.4, 0.5) is 5.69 Å². The minimum absolute atomic E-state index is 0.859. The number of rotatable bonds is 3. The second-order valence-electron chi connectivity index (χ2n) is 3.58. The quantitative estimate of drug-likeness (QED) is 0.793. The average molecular weight is 361 g/mol. The zero-order valence-corrected chi connectivity index (χ0v) is 12.7. The molecule has 0 amide bonds. The highest BCUT2D eigenvalue weighted by Crippen LogP contribution is 2.23. The number of benzene rings is 1. The van der Waals surface area contributed by atoms with Crippen molar-refractivity contribution in [1.82, 2.24) is 0 Å². The maximum absolute atomic E-state index is 3.53. The van der Waals surface area contributed by atoms with E-state index in [0.717, 1.165) is 16.7 Å². The molecule has 0 saturated heterocycles. The van der Waals surface area contributed by atoms with E-state index < -0.39 is 0 Å². The zero-order chi connectivity index (χ0) is 11.5. The zero-order valence-electron chi connectivity index (χ0n) is 8.76. The lowest BCUT2D eigenvalue weighted by molar-refractivity contribution is 1.16. The Morgan fingerprint density at radius 2 is 2.06 bits per heavy atom. The third-order valence-corrected chi connectivity index (χ3v) is 4.70. The van der Waals surface area contributed by atoms with Crippen molar-refractivity contribution in [3.05, 3.63) is 49.0 Å². The van der Waals surface area contributed by atoms with Gasteiger partial charge in [0.1, 0.15) is 0 Å². The molecule has 1 N–H and O–H groups in total.